The van der Waals surface area contributed by atoms with Crippen molar-refractivity contribution in [2.75, 3.05) is 0 Å². The Labute approximate surface area is 140 Å². The van der Waals surface area contributed by atoms with Crippen molar-refractivity contribution in [1.82, 2.24) is 0 Å². The summed E-state index contributed by atoms with van der Waals surface area (Å²) < 4.78 is 0. The molecule has 0 heterocycles. The van der Waals surface area contributed by atoms with Crippen LogP contribution in [0.3, 0.4) is 0 Å². The van der Waals surface area contributed by atoms with Crippen LogP contribution in [0.1, 0.15) is 11.1 Å². The van der Waals surface area contributed by atoms with Crippen LogP contribution < -0.4 is 0 Å². The minimum absolute atomic E-state index is 0.0235. The fraction of sp³-hybridized carbons (Fsp3) is 0. The number of hydrogen-bond acceptors (Lipinski definition) is 4. The van der Waals surface area contributed by atoms with E-state index in [9.17, 15) is 10.2 Å². The molecule has 0 aliphatic heterocycles. The molecule has 0 spiro atoms. The van der Waals surface area contributed by atoms with E-state index < -0.39 is 0 Å². The van der Waals surface area contributed by atoms with E-state index in [0.717, 1.165) is 5.56 Å². The van der Waals surface area contributed by atoms with Gasteiger partial charge in [0.1, 0.15) is 23.0 Å². The van der Waals surface area contributed by atoms with Gasteiger partial charge in [0.2, 0.25) is 0 Å². The van der Waals surface area contributed by atoms with E-state index in [4.69, 9.17) is 10.2 Å². The minimum Gasteiger partial charge on any atom is -0.508 e. The summed E-state index contributed by atoms with van der Waals surface area (Å²) in [5, 5.41) is 36.4. The lowest BCUT2D eigenvalue weighted by Crippen LogP contribution is -1.74. The fourth-order valence-electron chi connectivity index (χ4n) is 1.92. The lowest BCUT2D eigenvalue weighted by molar-refractivity contribution is 0.450. The van der Waals surface area contributed by atoms with Crippen LogP contribution in [-0.2, 0) is 0 Å². The number of hydrogen-bond donors (Lipinski definition) is 4. The summed E-state index contributed by atoms with van der Waals surface area (Å²) in [5.41, 5.74) is 1.63. The molecule has 0 saturated carbocycles. The second-order valence-corrected chi connectivity index (χ2v) is 5.04. The third-order valence-electron chi connectivity index (χ3n) is 3.04. The fourth-order valence-corrected chi connectivity index (χ4v) is 1.92. The smallest absolute Gasteiger partial charge is 0.119 e. The first-order valence-electron chi connectivity index (χ1n) is 7.27. The Kier molecular flexibility index (Phi) is 5.86. The van der Waals surface area contributed by atoms with E-state index in [2.05, 4.69) is 0 Å². The van der Waals surface area contributed by atoms with Crippen LogP contribution in [0.15, 0.2) is 72.8 Å². The molecule has 0 aliphatic carbocycles. The van der Waals surface area contributed by atoms with Crippen molar-refractivity contribution >= 4 is 12.2 Å². The zero-order valence-corrected chi connectivity index (χ0v) is 12.9. The van der Waals surface area contributed by atoms with Gasteiger partial charge in [-0.1, -0.05) is 42.5 Å². The van der Waals surface area contributed by atoms with Gasteiger partial charge in [-0.15, -0.1) is 0 Å². The number of para-hydroxylation sites is 1. The molecule has 0 amide bonds. The van der Waals surface area contributed by atoms with Gasteiger partial charge in [-0.3, -0.25) is 0 Å². The van der Waals surface area contributed by atoms with Crippen LogP contribution >= 0.6 is 0 Å². The molecule has 3 aromatic carbocycles. The number of phenolic OH excluding ortho intramolecular Hbond substituents is 4. The number of phenols is 4. The normalized spacial score (nSPS) is 10.2. The Hall–Kier alpha value is -3.40. The monoisotopic (exact) mass is 322 g/mol. The molecule has 24 heavy (non-hydrogen) atoms. The molecule has 4 nitrogen and oxygen atoms in total. The average molecular weight is 322 g/mol. The molecule has 0 unspecified atom stereocenters. The highest BCUT2D eigenvalue weighted by atomic mass is 16.3. The molecule has 0 fully saturated rings. The van der Waals surface area contributed by atoms with Gasteiger partial charge in [0.25, 0.3) is 0 Å². The highest BCUT2D eigenvalue weighted by molar-refractivity contribution is 5.71. The third kappa shape index (κ3) is 5.77. The van der Waals surface area contributed by atoms with Crippen molar-refractivity contribution in [3.05, 3.63) is 83.9 Å². The standard InChI is InChI=1S/C14H12O3.C6H6O/c15-12-5-3-10(4-6-12)1-2-11-7-13(16)9-14(17)8-11;7-6-4-2-1-3-5-6/h1-9,15-17H;1-5,7H/b2-1+;. The molecule has 0 radical (unpaired) electrons. The zero-order valence-electron chi connectivity index (χ0n) is 12.9. The van der Waals surface area contributed by atoms with Crippen molar-refractivity contribution in [1.29, 1.82) is 0 Å². The lowest BCUT2D eigenvalue weighted by Gasteiger charge is -1.98. The Balaban J connectivity index is 0.000000249. The molecule has 3 rings (SSSR count). The number of benzene rings is 3. The largest absolute Gasteiger partial charge is 0.508 e. The second-order valence-electron chi connectivity index (χ2n) is 5.04. The Bertz CT molecular complexity index is 773. The zero-order chi connectivity index (χ0) is 17.4. The van der Waals surface area contributed by atoms with Gasteiger partial charge < -0.3 is 20.4 Å². The van der Waals surface area contributed by atoms with Crippen LogP contribution in [-0.4, -0.2) is 20.4 Å². The van der Waals surface area contributed by atoms with Crippen molar-refractivity contribution < 1.29 is 20.4 Å². The molecule has 3 aromatic rings. The summed E-state index contributed by atoms with van der Waals surface area (Å²) in [7, 11) is 0. The van der Waals surface area contributed by atoms with Crippen LogP contribution in [0.4, 0.5) is 0 Å². The van der Waals surface area contributed by atoms with E-state index in [-0.39, 0.29) is 17.2 Å². The summed E-state index contributed by atoms with van der Waals surface area (Å²) in [6, 6.07) is 19.8. The molecule has 4 heteroatoms. The van der Waals surface area contributed by atoms with Crippen LogP contribution in [0.25, 0.3) is 12.2 Å². The Morgan fingerprint density at radius 2 is 0.958 bits per heavy atom. The predicted molar refractivity (Wildman–Crippen MR) is 94.9 cm³/mol. The average Bonchev–Trinajstić information content (AvgIpc) is 2.55. The van der Waals surface area contributed by atoms with Gasteiger partial charge in [0, 0.05) is 6.07 Å². The van der Waals surface area contributed by atoms with E-state index in [1.165, 1.54) is 6.07 Å². The number of rotatable bonds is 2. The summed E-state index contributed by atoms with van der Waals surface area (Å²) >= 11 is 0. The van der Waals surface area contributed by atoms with Crippen molar-refractivity contribution in [3.63, 3.8) is 0 Å². The molecular formula is C20H18O4. The molecule has 122 valence electrons. The molecule has 0 aromatic heterocycles. The third-order valence-corrected chi connectivity index (χ3v) is 3.04. The molecule has 4 N–H and O–H groups in total. The first kappa shape index (κ1) is 17.0. The van der Waals surface area contributed by atoms with E-state index >= 15 is 0 Å². The minimum atomic E-state index is 0.0235. The van der Waals surface area contributed by atoms with Gasteiger partial charge in [-0.25, -0.2) is 0 Å². The molecule has 0 atom stereocenters. The van der Waals surface area contributed by atoms with Crippen molar-refractivity contribution in [3.8, 4) is 23.0 Å². The topological polar surface area (TPSA) is 80.9 Å². The lowest BCUT2D eigenvalue weighted by atomic mass is 10.1. The van der Waals surface area contributed by atoms with Gasteiger partial charge in [0.15, 0.2) is 0 Å². The summed E-state index contributed by atoms with van der Waals surface area (Å²) in [4.78, 5) is 0. The van der Waals surface area contributed by atoms with Gasteiger partial charge in [0.05, 0.1) is 0 Å². The van der Waals surface area contributed by atoms with Gasteiger partial charge >= 0.3 is 0 Å². The first-order valence-corrected chi connectivity index (χ1v) is 7.27. The van der Waals surface area contributed by atoms with Crippen molar-refractivity contribution in [2.24, 2.45) is 0 Å². The summed E-state index contributed by atoms with van der Waals surface area (Å²) in [6.07, 6.45) is 3.60. The Morgan fingerprint density at radius 1 is 0.458 bits per heavy atom. The highest BCUT2D eigenvalue weighted by Crippen LogP contribution is 2.22. The molecular weight excluding hydrogens is 304 g/mol. The molecule has 0 saturated heterocycles. The molecule has 0 aliphatic rings. The number of aromatic hydroxyl groups is 4. The quantitative estimate of drug-likeness (QED) is 0.528. The summed E-state index contributed by atoms with van der Waals surface area (Å²) in [5.74, 6) is 0.588. The summed E-state index contributed by atoms with van der Waals surface area (Å²) in [6.45, 7) is 0. The predicted octanol–water partition coefficient (Wildman–Crippen LogP) is 4.37. The van der Waals surface area contributed by atoms with E-state index in [1.807, 2.05) is 12.1 Å². The van der Waals surface area contributed by atoms with Crippen LogP contribution in [0, 0.1) is 0 Å². The molecule has 0 bridgehead atoms. The van der Waals surface area contributed by atoms with Crippen molar-refractivity contribution in [2.45, 2.75) is 0 Å². The van der Waals surface area contributed by atoms with E-state index in [0.29, 0.717) is 11.3 Å². The maximum Gasteiger partial charge on any atom is 0.119 e. The Morgan fingerprint density at radius 3 is 1.46 bits per heavy atom. The van der Waals surface area contributed by atoms with Gasteiger partial charge in [-0.05, 0) is 47.5 Å². The highest BCUT2D eigenvalue weighted by Gasteiger charge is 1.95. The van der Waals surface area contributed by atoms with Crippen LogP contribution in [0.2, 0.25) is 0 Å². The van der Waals surface area contributed by atoms with Crippen LogP contribution in [0.5, 0.6) is 23.0 Å². The van der Waals surface area contributed by atoms with E-state index in [1.54, 1.807) is 66.7 Å². The van der Waals surface area contributed by atoms with Gasteiger partial charge in [-0.2, -0.15) is 0 Å². The second kappa shape index (κ2) is 8.29. The maximum absolute atomic E-state index is 9.30. The SMILES string of the molecule is Oc1ccc(/C=C/c2cc(O)cc(O)c2)cc1.Oc1ccccc1. The first-order chi connectivity index (χ1) is 11.5. The maximum atomic E-state index is 9.30.